The van der Waals surface area contributed by atoms with Gasteiger partial charge in [0.2, 0.25) is 0 Å². The Balaban J connectivity index is 0.00000121. The molecule has 0 aliphatic heterocycles. The fraction of sp³-hybridized carbons (Fsp3) is 0.594. The number of rotatable bonds is 4. The van der Waals surface area contributed by atoms with Crippen molar-refractivity contribution in [2.24, 2.45) is 10.9 Å². The van der Waals surface area contributed by atoms with E-state index in [0.717, 1.165) is 22.3 Å². The molecule has 5 heteroatoms. The third-order valence-corrected chi connectivity index (χ3v) is 8.34. The molecule has 2 aromatic rings. The number of aliphatic imine (C=N–C) groups is 1. The van der Waals surface area contributed by atoms with Crippen LogP contribution >= 0.6 is 17.0 Å². The molecule has 2 aliphatic rings. The van der Waals surface area contributed by atoms with Crippen LogP contribution in [0.15, 0.2) is 47.5 Å². The van der Waals surface area contributed by atoms with Gasteiger partial charge in [0.05, 0.1) is 6.04 Å². The van der Waals surface area contributed by atoms with Gasteiger partial charge in [0.15, 0.2) is 0 Å². The maximum atomic E-state index is 11.7. The molecule has 37 heavy (non-hydrogen) atoms. The Kier molecular flexibility index (Phi) is 14.9. The van der Waals surface area contributed by atoms with Crippen molar-refractivity contribution in [1.82, 2.24) is 0 Å². The SMILES string of the molecule is CC1CCCCC1N=Cc1c(-c2ccccc2)ccc(C2CCCCCCCCCCC2)c1O.[Cl][Zr][Cl]. The minimum absolute atomic E-state index is 0.377. The molecule has 202 valence electrons. The first kappa shape index (κ1) is 30.9. The molecular formula is C32H45Cl2NOZr. The summed E-state index contributed by atoms with van der Waals surface area (Å²) in [5.74, 6) is 1.55. The summed E-state index contributed by atoms with van der Waals surface area (Å²) in [7, 11) is 9.87. The second kappa shape index (κ2) is 17.9. The molecule has 2 saturated carbocycles. The van der Waals surface area contributed by atoms with E-state index in [1.54, 1.807) is 0 Å². The average Bonchev–Trinajstić information content (AvgIpc) is 2.90. The van der Waals surface area contributed by atoms with Crippen LogP contribution in [0.4, 0.5) is 0 Å². The molecule has 2 atom stereocenters. The summed E-state index contributed by atoms with van der Waals surface area (Å²) in [4.78, 5) is 5.07. The topological polar surface area (TPSA) is 32.6 Å². The zero-order valence-corrected chi connectivity index (χ0v) is 26.6. The van der Waals surface area contributed by atoms with Crippen LogP contribution in [0.25, 0.3) is 11.1 Å². The van der Waals surface area contributed by atoms with Gasteiger partial charge in [0.1, 0.15) is 5.75 Å². The van der Waals surface area contributed by atoms with E-state index in [0.29, 0.717) is 23.6 Å². The molecule has 0 radical (unpaired) electrons. The van der Waals surface area contributed by atoms with Crippen molar-refractivity contribution in [3.05, 3.63) is 53.6 Å². The van der Waals surface area contributed by atoms with Crippen molar-refractivity contribution in [3.8, 4) is 16.9 Å². The molecule has 0 heterocycles. The van der Waals surface area contributed by atoms with Gasteiger partial charge in [-0.2, -0.15) is 0 Å². The predicted octanol–water partition coefficient (Wildman–Crippen LogP) is 10.8. The monoisotopic (exact) mass is 619 g/mol. The fourth-order valence-electron chi connectivity index (χ4n) is 6.12. The van der Waals surface area contributed by atoms with Crippen LogP contribution in [0.2, 0.25) is 0 Å². The Labute approximate surface area is 244 Å². The van der Waals surface area contributed by atoms with E-state index >= 15 is 0 Å². The van der Waals surface area contributed by atoms with E-state index in [4.69, 9.17) is 22.0 Å². The molecule has 0 saturated heterocycles. The quantitative estimate of drug-likeness (QED) is 0.339. The van der Waals surface area contributed by atoms with Crippen molar-refractivity contribution < 1.29 is 26.0 Å². The molecule has 2 fully saturated rings. The molecule has 2 aromatic carbocycles. The summed E-state index contributed by atoms with van der Waals surface area (Å²) in [6.07, 6.45) is 21.5. The van der Waals surface area contributed by atoms with Crippen LogP contribution in [0.5, 0.6) is 5.75 Å². The third-order valence-electron chi connectivity index (χ3n) is 8.34. The number of aromatic hydroxyl groups is 1. The fourth-order valence-corrected chi connectivity index (χ4v) is 6.12. The number of nitrogens with zero attached hydrogens (tertiary/aromatic N) is 1. The number of hydrogen-bond acceptors (Lipinski definition) is 2. The molecule has 0 aromatic heterocycles. The summed E-state index contributed by atoms with van der Waals surface area (Å²) >= 11 is -0.826. The van der Waals surface area contributed by atoms with E-state index in [9.17, 15) is 5.11 Å². The first-order valence-electron chi connectivity index (χ1n) is 14.6. The van der Waals surface area contributed by atoms with Crippen LogP contribution < -0.4 is 0 Å². The Bertz CT molecular complexity index is 924. The summed E-state index contributed by atoms with van der Waals surface area (Å²) < 4.78 is 0. The Morgan fingerprint density at radius 3 is 1.89 bits per heavy atom. The van der Waals surface area contributed by atoms with Crippen molar-refractivity contribution in [2.45, 2.75) is 115 Å². The molecule has 2 unspecified atom stereocenters. The molecule has 2 aliphatic carbocycles. The number of phenolic OH excluding ortho intramolecular Hbond substituents is 1. The molecular weight excluding hydrogens is 576 g/mol. The summed E-state index contributed by atoms with van der Waals surface area (Å²) in [5, 5.41) is 11.7. The van der Waals surface area contributed by atoms with Crippen molar-refractivity contribution in [3.63, 3.8) is 0 Å². The van der Waals surface area contributed by atoms with E-state index in [-0.39, 0.29) is 0 Å². The number of hydrogen-bond donors (Lipinski definition) is 1. The van der Waals surface area contributed by atoms with Gasteiger partial charge in [0.25, 0.3) is 0 Å². The normalized spacial score (nSPS) is 22.4. The summed E-state index contributed by atoms with van der Waals surface area (Å²) in [6, 6.07) is 15.3. The molecule has 0 amide bonds. The second-order valence-corrected chi connectivity index (χ2v) is 14.7. The van der Waals surface area contributed by atoms with Gasteiger partial charge in [-0.05, 0) is 54.2 Å². The first-order chi connectivity index (χ1) is 18.2. The molecule has 1 N–H and O–H groups in total. The average molecular weight is 622 g/mol. The van der Waals surface area contributed by atoms with Crippen LogP contribution in [0, 0.1) is 5.92 Å². The van der Waals surface area contributed by atoms with Crippen molar-refractivity contribution in [1.29, 1.82) is 0 Å². The van der Waals surface area contributed by atoms with Gasteiger partial charge in [-0.25, -0.2) is 0 Å². The van der Waals surface area contributed by atoms with E-state index in [1.807, 2.05) is 6.21 Å². The zero-order valence-electron chi connectivity index (χ0n) is 22.6. The number of halogens is 2. The van der Waals surface area contributed by atoms with Gasteiger partial charge < -0.3 is 5.11 Å². The second-order valence-electron chi connectivity index (χ2n) is 11.0. The van der Waals surface area contributed by atoms with Gasteiger partial charge in [0, 0.05) is 11.8 Å². The molecule has 0 spiro atoms. The number of phenols is 1. The predicted molar refractivity (Wildman–Crippen MR) is 158 cm³/mol. The number of benzene rings is 2. The molecule has 0 bridgehead atoms. The van der Waals surface area contributed by atoms with Crippen molar-refractivity contribution in [2.75, 3.05) is 0 Å². The van der Waals surface area contributed by atoms with Gasteiger partial charge >= 0.3 is 37.9 Å². The Morgan fingerprint density at radius 2 is 1.30 bits per heavy atom. The maximum absolute atomic E-state index is 11.7. The van der Waals surface area contributed by atoms with Gasteiger partial charge in [-0.15, -0.1) is 0 Å². The zero-order chi connectivity index (χ0) is 26.3. The van der Waals surface area contributed by atoms with Gasteiger partial charge in [-0.1, -0.05) is 120 Å². The molecule has 2 nitrogen and oxygen atoms in total. The van der Waals surface area contributed by atoms with Crippen LogP contribution in [-0.4, -0.2) is 17.4 Å². The van der Waals surface area contributed by atoms with Crippen LogP contribution in [-0.2, 0) is 20.8 Å². The van der Waals surface area contributed by atoms with E-state index in [2.05, 4.69) is 49.4 Å². The van der Waals surface area contributed by atoms with E-state index in [1.165, 1.54) is 96.3 Å². The van der Waals surface area contributed by atoms with Crippen LogP contribution in [0.1, 0.15) is 120 Å². The minimum atomic E-state index is -0.826. The summed E-state index contributed by atoms with van der Waals surface area (Å²) in [6.45, 7) is 2.33. The van der Waals surface area contributed by atoms with E-state index < -0.39 is 20.8 Å². The first-order valence-corrected chi connectivity index (χ1v) is 20.9. The Hall–Kier alpha value is -0.627. The van der Waals surface area contributed by atoms with Crippen molar-refractivity contribution >= 4 is 23.2 Å². The third kappa shape index (κ3) is 10.1. The molecule has 4 rings (SSSR count). The standard InChI is InChI=1S/C32H45NO.2ClH.Zr/c1-25-16-14-15-21-31(25)33-24-30-28(26-17-12-9-13-18-26)22-23-29(32(30)34)27-19-10-7-5-3-2-4-6-8-11-20-27;;;/h9,12-13,17-18,22-25,27,31,34H,2-8,10-11,14-16,19-21H2,1H3;2*1H;/q;;;+2/p-2. The Morgan fingerprint density at radius 1 is 0.757 bits per heavy atom. The van der Waals surface area contributed by atoms with Gasteiger partial charge in [-0.3, -0.25) is 4.99 Å². The van der Waals surface area contributed by atoms with Crippen LogP contribution in [0.3, 0.4) is 0 Å². The summed E-state index contributed by atoms with van der Waals surface area (Å²) in [5.41, 5.74) is 4.32.